The van der Waals surface area contributed by atoms with Crippen LogP contribution in [0.4, 0.5) is 5.69 Å². The Bertz CT molecular complexity index is 894. The molecule has 2 aromatic carbocycles. The van der Waals surface area contributed by atoms with E-state index in [1.54, 1.807) is 23.9 Å². The average Bonchev–Trinajstić information content (AvgIpc) is 2.64. The first-order valence-corrected chi connectivity index (χ1v) is 12.0. The van der Waals surface area contributed by atoms with Crippen LogP contribution in [0.3, 0.4) is 0 Å². The third-order valence-corrected chi connectivity index (χ3v) is 6.37. The van der Waals surface area contributed by atoms with Gasteiger partial charge in [-0.15, -0.1) is 11.8 Å². The van der Waals surface area contributed by atoms with E-state index in [-0.39, 0.29) is 18.4 Å². The molecular formula is C21H28N2O3S2. The third-order valence-electron chi connectivity index (χ3n) is 4.23. The number of nitrogens with zero attached hydrogens (tertiary/aromatic N) is 1. The van der Waals surface area contributed by atoms with Crippen LogP contribution in [0.5, 0.6) is 0 Å². The van der Waals surface area contributed by atoms with Crippen LogP contribution in [-0.2, 0) is 14.8 Å². The number of hydrogen-bond acceptors (Lipinski definition) is 4. The van der Waals surface area contributed by atoms with Crippen molar-refractivity contribution in [1.29, 1.82) is 0 Å². The molecule has 0 atom stereocenters. The van der Waals surface area contributed by atoms with Gasteiger partial charge in [0.1, 0.15) is 6.54 Å². The minimum atomic E-state index is -3.58. The number of carbonyl (C=O) groups excluding carboxylic acids is 1. The quantitative estimate of drug-likeness (QED) is 0.495. The van der Waals surface area contributed by atoms with Crippen LogP contribution in [0, 0.1) is 6.92 Å². The predicted molar refractivity (Wildman–Crippen MR) is 118 cm³/mol. The Hall–Kier alpha value is -1.99. The van der Waals surface area contributed by atoms with E-state index in [9.17, 15) is 13.2 Å². The van der Waals surface area contributed by atoms with Crippen molar-refractivity contribution >= 4 is 33.4 Å². The molecule has 1 N–H and O–H groups in total. The van der Waals surface area contributed by atoms with E-state index in [4.69, 9.17) is 0 Å². The standard InChI is InChI=1S/C21H28N2O3S2/c1-16(2)19-7-5-6-8-20(19)23(28(4,25)26)15-21(24)22-13-14-27-18-11-9-17(3)10-12-18/h5-12,16H,13-15H2,1-4H3,(H,22,24). The molecule has 0 fully saturated rings. The maximum absolute atomic E-state index is 12.4. The summed E-state index contributed by atoms with van der Waals surface area (Å²) in [5.74, 6) is 0.555. The summed E-state index contributed by atoms with van der Waals surface area (Å²) in [4.78, 5) is 13.5. The Morgan fingerprint density at radius 1 is 1.11 bits per heavy atom. The molecule has 1 amide bonds. The van der Waals surface area contributed by atoms with Gasteiger partial charge in [0.2, 0.25) is 15.9 Å². The summed E-state index contributed by atoms with van der Waals surface area (Å²) < 4.78 is 25.8. The van der Waals surface area contributed by atoms with E-state index in [0.717, 1.165) is 22.5 Å². The zero-order valence-electron chi connectivity index (χ0n) is 16.8. The molecule has 0 aliphatic heterocycles. The van der Waals surface area contributed by atoms with Gasteiger partial charge in [-0.05, 0) is 36.6 Å². The topological polar surface area (TPSA) is 66.5 Å². The normalized spacial score (nSPS) is 11.5. The molecule has 0 aliphatic rings. The zero-order chi connectivity index (χ0) is 20.7. The van der Waals surface area contributed by atoms with Crippen molar-refractivity contribution in [2.24, 2.45) is 0 Å². The van der Waals surface area contributed by atoms with E-state index >= 15 is 0 Å². The molecular weight excluding hydrogens is 392 g/mol. The zero-order valence-corrected chi connectivity index (χ0v) is 18.4. The highest BCUT2D eigenvalue weighted by atomic mass is 32.2. The number of anilines is 1. The first kappa shape index (κ1) is 22.3. The number of rotatable bonds is 9. The molecule has 7 heteroatoms. The second-order valence-electron chi connectivity index (χ2n) is 6.99. The number of benzene rings is 2. The van der Waals surface area contributed by atoms with Gasteiger partial charge in [-0.3, -0.25) is 9.10 Å². The van der Waals surface area contributed by atoms with Gasteiger partial charge in [-0.2, -0.15) is 0 Å². The molecule has 2 rings (SSSR count). The van der Waals surface area contributed by atoms with Crippen LogP contribution < -0.4 is 9.62 Å². The number of amides is 1. The van der Waals surface area contributed by atoms with E-state index in [1.165, 1.54) is 9.87 Å². The fourth-order valence-electron chi connectivity index (χ4n) is 2.76. The Balaban J connectivity index is 1.97. The molecule has 0 saturated carbocycles. The van der Waals surface area contributed by atoms with E-state index in [2.05, 4.69) is 29.6 Å². The predicted octanol–water partition coefficient (Wildman–Crippen LogP) is 3.79. The lowest BCUT2D eigenvalue weighted by Crippen LogP contribution is -2.41. The highest BCUT2D eigenvalue weighted by Gasteiger charge is 2.23. The lowest BCUT2D eigenvalue weighted by Gasteiger charge is -2.25. The first-order chi connectivity index (χ1) is 13.2. The summed E-state index contributed by atoms with van der Waals surface area (Å²) in [5.41, 5.74) is 2.67. The number of sulfonamides is 1. The number of hydrogen-bond donors (Lipinski definition) is 1. The molecule has 0 aliphatic carbocycles. The molecule has 5 nitrogen and oxygen atoms in total. The van der Waals surface area contributed by atoms with Gasteiger partial charge in [-0.1, -0.05) is 49.7 Å². The number of nitrogens with one attached hydrogen (secondary N) is 1. The average molecular weight is 421 g/mol. The summed E-state index contributed by atoms with van der Waals surface area (Å²) in [7, 11) is -3.58. The summed E-state index contributed by atoms with van der Waals surface area (Å²) in [5, 5.41) is 2.82. The number of thioether (sulfide) groups is 1. The fourth-order valence-corrected chi connectivity index (χ4v) is 4.41. The Morgan fingerprint density at radius 2 is 1.75 bits per heavy atom. The van der Waals surface area contributed by atoms with Crippen molar-refractivity contribution in [2.45, 2.75) is 31.6 Å². The van der Waals surface area contributed by atoms with Crippen LogP contribution in [0.25, 0.3) is 0 Å². The van der Waals surface area contributed by atoms with Crippen molar-refractivity contribution in [3.05, 3.63) is 59.7 Å². The molecule has 152 valence electrons. The Kier molecular flexibility index (Phi) is 7.95. The molecule has 0 unspecified atom stereocenters. The third kappa shape index (κ3) is 6.56. The fraction of sp³-hybridized carbons (Fsp3) is 0.381. The molecule has 0 aromatic heterocycles. The van der Waals surface area contributed by atoms with Crippen LogP contribution in [-0.4, -0.2) is 39.4 Å². The molecule has 2 aromatic rings. The minimum absolute atomic E-state index is 0.148. The van der Waals surface area contributed by atoms with Crippen LogP contribution in [0.1, 0.15) is 30.9 Å². The molecule has 0 bridgehead atoms. The summed E-state index contributed by atoms with van der Waals surface area (Å²) in [6, 6.07) is 15.5. The van der Waals surface area contributed by atoms with Crippen molar-refractivity contribution in [2.75, 3.05) is 29.4 Å². The molecule has 0 saturated heterocycles. The van der Waals surface area contributed by atoms with Gasteiger partial charge in [0.15, 0.2) is 0 Å². The van der Waals surface area contributed by atoms with Crippen molar-refractivity contribution in [1.82, 2.24) is 5.32 Å². The molecule has 0 radical (unpaired) electrons. The monoisotopic (exact) mass is 420 g/mol. The SMILES string of the molecule is Cc1ccc(SCCNC(=O)CN(c2ccccc2C(C)C)S(C)(=O)=O)cc1. The largest absolute Gasteiger partial charge is 0.354 e. The Labute approximate surface area is 172 Å². The summed E-state index contributed by atoms with van der Waals surface area (Å²) >= 11 is 1.65. The molecule has 0 heterocycles. The van der Waals surface area contributed by atoms with E-state index in [0.29, 0.717) is 12.2 Å². The highest BCUT2D eigenvalue weighted by molar-refractivity contribution is 7.99. The van der Waals surface area contributed by atoms with Gasteiger partial charge in [0, 0.05) is 17.2 Å². The lowest BCUT2D eigenvalue weighted by atomic mass is 10.0. The lowest BCUT2D eigenvalue weighted by molar-refractivity contribution is -0.119. The highest BCUT2D eigenvalue weighted by Crippen LogP contribution is 2.28. The maximum atomic E-state index is 12.4. The van der Waals surface area contributed by atoms with Crippen molar-refractivity contribution in [3.63, 3.8) is 0 Å². The van der Waals surface area contributed by atoms with Crippen molar-refractivity contribution < 1.29 is 13.2 Å². The van der Waals surface area contributed by atoms with Crippen LogP contribution >= 0.6 is 11.8 Å². The van der Waals surface area contributed by atoms with E-state index in [1.807, 2.05) is 32.9 Å². The van der Waals surface area contributed by atoms with Gasteiger partial charge in [0.05, 0.1) is 11.9 Å². The van der Waals surface area contributed by atoms with Gasteiger partial charge in [0.25, 0.3) is 0 Å². The van der Waals surface area contributed by atoms with Crippen LogP contribution in [0.2, 0.25) is 0 Å². The first-order valence-electron chi connectivity index (χ1n) is 9.21. The summed E-state index contributed by atoms with van der Waals surface area (Å²) in [6.45, 7) is 6.29. The number of para-hydroxylation sites is 1. The smallest absolute Gasteiger partial charge is 0.240 e. The van der Waals surface area contributed by atoms with Crippen molar-refractivity contribution in [3.8, 4) is 0 Å². The maximum Gasteiger partial charge on any atom is 0.240 e. The van der Waals surface area contributed by atoms with E-state index < -0.39 is 10.0 Å². The number of aryl methyl sites for hydroxylation is 1. The summed E-state index contributed by atoms with van der Waals surface area (Å²) in [6.07, 6.45) is 1.13. The second-order valence-corrected chi connectivity index (χ2v) is 10.1. The molecule has 28 heavy (non-hydrogen) atoms. The van der Waals surface area contributed by atoms with Gasteiger partial charge in [-0.25, -0.2) is 8.42 Å². The molecule has 0 spiro atoms. The number of carbonyl (C=O) groups is 1. The minimum Gasteiger partial charge on any atom is -0.354 e. The second kappa shape index (κ2) is 9.98. The Morgan fingerprint density at radius 3 is 2.36 bits per heavy atom. The van der Waals surface area contributed by atoms with Gasteiger partial charge < -0.3 is 5.32 Å². The van der Waals surface area contributed by atoms with Gasteiger partial charge >= 0.3 is 0 Å². The van der Waals surface area contributed by atoms with Crippen LogP contribution in [0.15, 0.2) is 53.4 Å².